The third-order valence-electron chi connectivity index (χ3n) is 2.28. The molecule has 2 unspecified atom stereocenters. The van der Waals surface area contributed by atoms with Crippen molar-refractivity contribution in [3.05, 3.63) is 0 Å². The highest BCUT2D eigenvalue weighted by atomic mass is 16.7. The van der Waals surface area contributed by atoms with E-state index in [0.717, 1.165) is 6.42 Å². The Bertz CT molecular complexity index is 240. The summed E-state index contributed by atoms with van der Waals surface area (Å²) in [5.41, 5.74) is 0. The van der Waals surface area contributed by atoms with Gasteiger partial charge >= 0.3 is 0 Å². The van der Waals surface area contributed by atoms with E-state index in [1.54, 1.807) is 5.06 Å². The van der Waals surface area contributed by atoms with Crippen molar-refractivity contribution in [3.8, 4) is 12.1 Å². The van der Waals surface area contributed by atoms with Crippen molar-refractivity contribution in [2.45, 2.75) is 25.8 Å². The van der Waals surface area contributed by atoms with Crippen LogP contribution in [0, 0.1) is 28.6 Å². The van der Waals surface area contributed by atoms with Crippen LogP contribution in [0.4, 0.5) is 0 Å². The van der Waals surface area contributed by atoms with Crippen LogP contribution in [0.25, 0.3) is 0 Å². The molecule has 0 amide bonds. The van der Waals surface area contributed by atoms with E-state index in [1.807, 2.05) is 6.92 Å². The molecule has 1 fully saturated rings. The van der Waals surface area contributed by atoms with E-state index >= 15 is 0 Å². The van der Waals surface area contributed by atoms with Gasteiger partial charge in [-0.15, -0.1) is 0 Å². The van der Waals surface area contributed by atoms with Gasteiger partial charge in [0.15, 0.2) is 0 Å². The first kappa shape index (κ1) is 9.98. The van der Waals surface area contributed by atoms with Gasteiger partial charge in [0, 0.05) is 6.54 Å². The fourth-order valence-electron chi connectivity index (χ4n) is 1.59. The highest BCUT2D eigenvalue weighted by Crippen LogP contribution is 2.23. The van der Waals surface area contributed by atoms with Crippen LogP contribution in [0.3, 0.4) is 0 Å². The topological polar surface area (TPSA) is 60.0 Å². The lowest BCUT2D eigenvalue weighted by Crippen LogP contribution is -2.31. The number of nitrogens with zero attached hydrogens (tertiary/aromatic N) is 3. The van der Waals surface area contributed by atoms with E-state index in [1.165, 1.54) is 0 Å². The van der Waals surface area contributed by atoms with Crippen LogP contribution in [-0.2, 0) is 4.84 Å². The van der Waals surface area contributed by atoms with Crippen molar-refractivity contribution < 1.29 is 4.84 Å². The first-order valence-corrected chi connectivity index (χ1v) is 4.49. The smallest absolute Gasteiger partial charge is 0.0895 e. The predicted octanol–water partition coefficient (Wildman–Crippen LogP) is 1.07. The molecule has 0 saturated carbocycles. The normalized spacial score (nSPS) is 28.2. The second kappa shape index (κ2) is 4.81. The van der Waals surface area contributed by atoms with E-state index < -0.39 is 0 Å². The predicted molar refractivity (Wildman–Crippen MR) is 46.1 cm³/mol. The summed E-state index contributed by atoms with van der Waals surface area (Å²) in [5.74, 6) is -0.0382. The average molecular weight is 179 g/mol. The van der Waals surface area contributed by atoms with Gasteiger partial charge in [-0.25, -0.2) is 0 Å². The average Bonchev–Trinajstić information content (AvgIpc) is 2.56. The van der Waals surface area contributed by atoms with Gasteiger partial charge in [0.25, 0.3) is 0 Å². The van der Waals surface area contributed by atoms with Gasteiger partial charge in [0.2, 0.25) is 0 Å². The summed E-state index contributed by atoms with van der Waals surface area (Å²) < 4.78 is 0. The Morgan fingerprint density at radius 3 is 2.85 bits per heavy atom. The summed E-state index contributed by atoms with van der Waals surface area (Å²) >= 11 is 0. The molecule has 0 aromatic carbocycles. The molecule has 0 aliphatic carbocycles. The molecule has 0 radical (unpaired) electrons. The van der Waals surface area contributed by atoms with Gasteiger partial charge in [-0.05, 0) is 6.42 Å². The summed E-state index contributed by atoms with van der Waals surface area (Å²) in [5, 5.41) is 19.0. The van der Waals surface area contributed by atoms with Crippen molar-refractivity contribution in [2.75, 3.05) is 13.2 Å². The van der Waals surface area contributed by atoms with Crippen LogP contribution in [-0.4, -0.2) is 24.3 Å². The number of rotatable bonds is 3. The maximum absolute atomic E-state index is 8.79. The molecule has 1 heterocycles. The van der Waals surface area contributed by atoms with E-state index in [2.05, 4.69) is 12.1 Å². The maximum atomic E-state index is 8.79. The molecule has 70 valence electrons. The zero-order chi connectivity index (χ0) is 9.68. The van der Waals surface area contributed by atoms with Crippen LogP contribution in [0.2, 0.25) is 0 Å². The Labute approximate surface area is 78.3 Å². The van der Waals surface area contributed by atoms with Crippen LogP contribution in [0.15, 0.2) is 0 Å². The van der Waals surface area contributed by atoms with Crippen LogP contribution in [0.5, 0.6) is 0 Å². The Kier molecular flexibility index (Phi) is 3.70. The Balaban J connectivity index is 2.49. The third kappa shape index (κ3) is 2.18. The molecule has 1 saturated heterocycles. The largest absolute Gasteiger partial charge is 0.297 e. The molecule has 4 heteroatoms. The molecule has 1 aliphatic heterocycles. The van der Waals surface area contributed by atoms with Crippen molar-refractivity contribution >= 4 is 0 Å². The highest BCUT2D eigenvalue weighted by Gasteiger charge is 2.33. The van der Waals surface area contributed by atoms with Crippen molar-refractivity contribution in [3.63, 3.8) is 0 Å². The Morgan fingerprint density at radius 2 is 2.31 bits per heavy atom. The zero-order valence-corrected chi connectivity index (χ0v) is 7.73. The van der Waals surface area contributed by atoms with Gasteiger partial charge in [-0.2, -0.15) is 15.6 Å². The van der Waals surface area contributed by atoms with Gasteiger partial charge < -0.3 is 0 Å². The van der Waals surface area contributed by atoms with Crippen LogP contribution >= 0.6 is 0 Å². The summed E-state index contributed by atoms with van der Waals surface area (Å²) in [6, 6.07) is 4.45. The second-order valence-electron chi connectivity index (χ2n) is 3.06. The molecule has 4 nitrogen and oxygen atoms in total. The minimum Gasteiger partial charge on any atom is -0.297 e. The molecular formula is C9H13N3O. The van der Waals surface area contributed by atoms with Gasteiger partial charge in [-0.3, -0.25) is 4.84 Å². The van der Waals surface area contributed by atoms with E-state index in [9.17, 15) is 0 Å². The fourth-order valence-corrected chi connectivity index (χ4v) is 1.59. The summed E-state index contributed by atoms with van der Waals surface area (Å²) in [4.78, 5) is 5.32. The molecule has 0 N–H and O–H groups in total. The van der Waals surface area contributed by atoms with E-state index in [4.69, 9.17) is 15.4 Å². The highest BCUT2D eigenvalue weighted by molar-refractivity contribution is 4.94. The van der Waals surface area contributed by atoms with Crippen LogP contribution < -0.4 is 0 Å². The SMILES string of the molecule is CCC1C(C#N)CON1CCC#N. The molecule has 13 heavy (non-hydrogen) atoms. The van der Waals surface area contributed by atoms with Crippen molar-refractivity contribution in [2.24, 2.45) is 5.92 Å². The van der Waals surface area contributed by atoms with Gasteiger partial charge in [0.1, 0.15) is 0 Å². The van der Waals surface area contributed by atoms with E-state index in [0.29, 0.717) is 19.6 Å². The quantitative estimate of drug-likeness (QED) is 0.650. The number of hydrogen-bond acceptors (Lipinski definition) is 4. The minimum atomic E-state index is -0.0382. The number of hydroxylamine groups is 2. The summed E-state index contributed by atoms with van der Waals surface area (Å²) in [6.45, 7) is 3.11. The molecule has 0 bridgehead atoms. The molecule has 0 spiro atoms. The minimum absolute atomic E-state index is 0.0382. The lowest BCUT2D eigenvalue weighted by molar-refractivity contribution is -0.130. The monoisotopic (exact) mass is 179 g/mol. The zero-order valence-electron chi connectivity index (χ0n) is 7.73. The summed E-state index contributed by atoms with van der Waals surface area (Å²) in [7, 11) is 0. The first-order valence-electron chi connectivity index (χ1n) is 4.49. The molecule has 2 atom stereocenters. The maximum Gasteiger partial charge on any atom is 0.0895 e. The number of nitriles is 2. The Morgan fingerprint density at radius 1 is 1.54 bits per heavy atom. The molecule has 1 rings (SSSR count). The molecule has 0 aromatic rings. The van der Waals surface area contributed by atoms with Gasteiger partial charge in [-0.1, -0.05) is 6.92 Å². The van der Waals surface area contributed by atoms with Crippen molar-refractivity contribution in [1.82, 2.24) is 5.06 Å². The van der Waals surface area contributed by atoms with Gasteiger partial charge in [0.05, 0.1) is 37.1 Å². The first-order chi connectivity index (χ1) is 6.33. The number of hydrogen-bond donors (Lipinski definition) is 0. The van der Waals surface area contributed by atoms with E-state index in [-0.39, 0.29) is 12.0 Å². The molecule has 0 aromatic heterocycles. The standard InChI is InChI=1S/C9H13N3O/c1-2-9-8(6-11)7-13-12(9)5-3-4-10/h8-9H,2-3,5,7H2,1H3. The van der Waals surface area contributed by atoms with Crippen molar-refractivity contribution in [1.29, 1.82) is 10.5 Å². The second-order valence-corrected chi connectivity index (χ2v) is 3.06. The molecule has 1 aliphatic rings. The lowest BCUT2D eigenvalue weighted by atomic mass is 10.0. The fraction of sp³-hybridized carbons (Fsp3) is 0.778. The lowest BCUT2D eigenvalue weighted by Gasteiger charge is -2.20. The summed E-state index contributed by atoms with van der Waals surface area (Å²) in [6.07, 6.45) is 1.35. The Hall–Kier alpha value is -1.10. The molecular weight excluding hydrogens is 166 g/mol. The van der Waals surface area contributed by atoms with Crippen LogP contribution in [0.1, 0.15) is 19.8 Å². The third-order valence-corrected chi connectivity index (χ3v) is 2.28.